The number of rotatable bonds is 8. The van der Waals surface area contributed by atoms with Gasteiger partial charge in [-0.05, 0) is 69.7 Å². The van der Waals surface area contributed by atoms with E-state index in [2.05, 4.69) is 5.32 Å². The Hall–Kier alpha value is -4.28. The van der Waals surface area contributed by atoms with Gasteiger partial charge in [-0.3, -0.25) is 14.4 Å². The lowest BCUT2D eigenvalue weighted by atomic mass is 9.83. The van der Waals surface area contributed by atoms with E-state index in [9.17, 15) is 23.6 Å². The lowest BCUT2D eigenvalue weighted by Crippen LogP contribution is -2.54. The first-order valence-corrected chi connectivity index (χ1v) is 15.7. The van der Waals surface area contributed by atoms with Gasteiger partial charge >= 0.3 is 6.09 Å². The molecule has 1 aliphatic heterocycles. The lowest BCUT2D eigenvalue weighted by molar-refractivity contribution is -0.135. The molecule has 2 aromatic rings. The van der Waals surface area contributed by atoms with Gasteiger partial charge in [0.2, 0.25) is 11.8 Å². The van der Waals surface area contributed by atoms with Crippen LogP contribution in [0.15, 0.2) is 42.5 Å². The molecule has 0 bridgehead atoms. The van der Waals surface area contributed by atoms with Crippen LogP contribution < -0.4 is 11.1 Å². The van der Waals surface area contributed by atoms with Gasteiger partial charge in [-0.15, -0.1) is 0 Å². The molecule has 11 heteroatoms. The third kappa shape index (κ3) is 8.89. The molecule has 1 saturated carbocycles. The van der Waals surface area contributed by atoms with E-state index in [1.807, 2.05) is 0 Å². The van der Waals surface area contributed by atoms with Crippen molar-refractivity contribution in [2.24, 2.45) is 11.7 Å². The number of hydrogen-bond acceptors (Lipinski definition) is 6. The number of hydrogen-bond donors (Lipinski definition) is 3. The number of benzene rings is 2. The highest BCUT2D eigenvalue weighted by Gasteiger charge is 2.36. The van der Waals surface area contributed by atoms with Crippen LogP contribution in [0.2, 0.25) is 0 Å². The molecule has 4 N–H and O–H groups in total. The lowest BCUT2D eigenvalue weighted by Gasteiger charge is -2.34. The van der Waals surface area contributed by atoms with Gasteiger partial charge in [-0.1, -0.05) is 43.5 Å². The van der Waals surface area contributed by atoms with Crippen LogP contribution in [0.4, 0.5) is 9.18 Å². The Balaban J connectivity index is 0.00000384. The molecule has 0 aromatic heterocycles. The van der Waals surface area contributed by atoms with E-state index in [0.717, 1.165) is 32.1 Å². The van der Waals surface area contributed by atoms with Gasteiger partial charge in [0.15, 0.2) is 0 Å². The normalized spacial score (nSPS) is 16.8. The first kappa shape index (κ1) is 33.6. The second-order valence-electron chi connectivity index (χ2n) is 12.9. The highest BCUT2D eigenvalue weighted by atomic mass is 19.1. The Labute approximate surface area is 266 Å². The molecular weight excluding hydrogens is 577 g/mol. The van der Waals surface area contributed by atoms with Gasteiger partial charge in [0.05, 0.1) is 5.56 Å². The van der Waals surface area contributed by atoms with Gasteiger partial charge in [0, 0.05) is 52.3 Å². The molecule has 4 rings (SSSR count). The molecule has 246 valence electrons. The van der Waals surface area contributed by atoms with Crippen LogP contribution in [0.5, 0.6) is 0 Å². The number of halogens is 1. The molecule has 4 amide bonds. The zero-order valence-corrected chi connectivity index (χ0v) is 26.4. The molecule has 2 aromatic carbocycles. The van der Waals surface area contributed by atoms with Crippen molar-refractivity contribution in [3.63, 3.8) is 0 Å². The van der Waals surface area contributed by atoms with Crippen molar-refractivity contribution < 1.29 is 31.2 Å². The number of alkyl carbamates (subject to hydrolysis) is 1. The number of amides is 4. The summed E-state index contributed by atoms with van der Waals surface area (Å²) in [6.45, 7) is 6.52. The second-order valence-corrected chi connectivity index (χ2v) is 12.9. The third-order valence-electron chi connectivity index (χ3n) is 8.31. The average molecular weight is 626 g/mol. The number of primary amides is 1. The maximum Gasteiger partial charge on any atom is 0.408 e. The second kappa shape index (κ2) is 14.7. The maximum atomic E-state index is 15.0. The predicted molar refractivity (Wildman–Crippen MR) is 173 cm³/mol. The topological polar surface area (TPSA) is 146 Å². The Bertz CT molecular complexity index is 1440. The Morgan fingerprint density at radius 3 is 2.27 bits per heavy atom. The fourth-order valence-electron chi connectivity index (χ4n) is 6.10. The number of nitrogens with one attached hydrogen (secondary N) is 2. The maximum absolute atomic E-state index is 15.0. The highest BCUT2D eigenvalue weighted by molar-refractivity contribution is 6.09. The van der Waals surface area contributed by atoms with Gasteiger partial charge < -0.3 is 31.0 Å². The van der Waals surface area contributed by atoms with Crippen LogP contribution in [0.1, 0.15) is 94.0 Å². The highest BCUT2D eigenvalue weighted by Crippen LogP contribution is 2.28. The summed E-state index contributed by atoms with van der Waals surface area (Å²) in [5.41, 5.74) is 5.91. The minimum atomic E-state index is -0.716. The van der Waals surface area contributed by atoms with Crippen LogP contribution in [0.3, 0.4) is 0 Å². The van der Waals surface area contributed by atoms with E-state index in [1.54, 1.807) is 54.8 Å². The minimum Gasteiger partial charge on any atom is -0.444 e. The fraction of sp³-hybridized carbons (Fsp3) is 0.500. The number of nitrogens with two attached hydrogens (primary N) is 1. The number of ether oxygens (including phenoxy) is 1. The van der Waals surface area contributed by atoms with E-state index >= 15 is 0 Å². The smallest absolute Gasteiger partial charge is 0.408 e. The van der Waals surface area contributed by atoms with Crippen molar-refractivity contribution in [1.82, 2.24) is 15.1 Å². The first-order chi connectivity index (χ1) is 21.3. The van der Waals surface area contributed by atoms with Crippen LogP contribution in [-0.4, -0.2) is 77.1 Å². The summed E-state index contributed by atoms with van der Waals surface area (Å²) in [4.78, 5) is 55.1. The van der Waals surface area contributed by atoms with E-state index in [1.165, 1.54) is 18.2 Å². The number of nitrogens with zero attached hydrogens (tertiary/aromatic N) is 2. The third-order valence-corrected chi connectivity index (χ3v) is 8.31. The summed E-state index contributed by atoms with van der Waals surface area (Å²) < 4.78 is 20.4. The summed E-state index contributed by atoms with van der Waals surface area (Å²) in [5, 5.41) is 11.4. The predicted octanol–water partition coefficient (Wildman–Crippen LogP) is 5.18. The van der Waals surface area contributed by atoms with E-state index in [0.29, 0.717) is 30.6 Å². The van der Waals surface area contributed by atoms with Gasteiger partial charge in [0.1, 0.15) is 17.5 Å². The molecule has 1 saturated heterocycles. The molecule has 0 unspecified atom stereocenters. The molecule has 0 spiro atoms. The standard InChI is InChI=1S/C34H44FN5O5.2H2/c1-34(2,3)45-33(44)38-29(23-10-5-4-6-11-23)32(43)40-17-9-16-39(18-19-40)31(42)26-20-22(14-15-27(26)35)21-28(36)24-12-7-8-13-25(24)30(37)41;;/h7-8,12-15,20,23,29,36H,4-6,9-11,16-19,21H2,1-3H3,(H2,37,41)(H,38,44);2*1H/t29-;;/m1../s1. The van der Waals surface area contributed by atoms with Crippen LogP contribution in [0, 0.1) is 17.1 Å². The van der Waals surface area contributed by atoms with Crippen molar-refractivity contribution in [2.45, 2.75) is 77.4 Å². The summed E-state index contributed by atoms with van der Waals surface area (Å²) in [5.74, 6) is -2.01. The summed E-state index contributed by atoms with van der Waals surface area (Å²) in [6.07, 6.45) is 4.71. The zero-order valence-electron chi connectivity index (χ0n) is 26.4. The number of carbonyl (C=O) groups excluding carboxylic acids is 4. The molecule has 2 fully saturated rings. The molecule has 1 aliphatic carbocycles. The van der Waals surface area contributed by atoms with Crippen molar-refractivity contribution in [3.05, 3.63) is 70.5 Å². The molecular formula is C34H48FN5O5. The zero-order chi connectivity index (χ0) is 32.7. The van der Waals surface area contributed by atoms with Crippen LogP contribution in [0.25, 0.3) is 0 Å². The minimum absolute atomic E-state index is 0. The molecule has 2 aliphatic rings. The van der Waals surface area contributed by atoms with Gasteiger partial charge in [0.25, 0.3) is 5.91 Å². The molecule has 10 nitrogen and oxygen atoms in total. The van der Waals surface area contributed by atoms with Crippen molar-refractivity contribution in [3.8, 4) is 0 Å². The average Bonchev–Trinajstić information content (AvgIpc) is 3.26. The van der Waals surface area contributed by atoms with Gasteiger partial charge in [-0.25, -0.2) is 9.18 Å². The Morgan fingerprint density at radius 2 is 1.60 bits per heavy atom. The SMILES string of the molecule is CC(C)(C)OC(=O)N[C@@H](C(=O)N1CCCN(C(=O)c2cc(CC(=N)c3ccccc3C(N)=O)ccc2F)CC1)C1CCCCC1.[HH].[HH]. The van der Waals surface area contributed by atoms with Crippen LogP contribution >= 0.6 is 0 Å². The molecule has 1 heterocycles. The van der Waals surface area contributed by atoms with Crippen molar-refractivity contribution in [2.75, 3.05) is 26.2 Å². The fourth-order valence-corrected chi connectivity index (χ4v) is 6.10. The Morgan fingerprint density at radius 1 is 0.956 bits per heavy atom. The molecule has 45 heavy (non-hydrogen) atoms. The van der Waals surface area contributed by atoms with Crippen molar-refractivity contribution in [1.29, 1.82) is 5.41 Å². The van der Waals surface area contributed by atoms with E-state index < -0.39 is 35.4 Å². The monoisotopic (exact) mass is 625 g/mol. The molecule has 0 radical (unpaired) electrons. The van der Waals surface area contributed by atoms with Crippen LogP contribution in [-0.2, 0) is 16.0 Å². The van der Waals surface area contributed by atoms with Gasteiger partial charge in [-0.2, -0.15) is 0 Å². The summed E-state index contributed by atoms with van der Waals surface area (Å²) in [6, 6.07) is 9.99. The summed E-state index contributed by atoms with van der Waals surface area (Å²) >= 11 is 0. The van der Waals surface area contributed by atoms with E-state index in [4.69, 9.17) is 15.9 Å². The quantitative estimate of drug-likeness (QED) is 0.346. The summed E-state index contributed by atoms with van der Waals surface area (Å²) in [7, 11) is 0. The largest absolute Gasteiger partial charge is 0.444 e. The number of carbonyl (C=O) groups is 4. The Kier molecular flexibility index (Phi) is 11.0. The molecule has 1 atom stereocenters. The van der Waals surface area contributed by atoms with E-state index in [-0.39, 0.29) is 51.0 Å². The van der Waals surface area contributed by atoms with Crippen molar-refractivity contribution >= 4 is 29.5 Å². The first-order valence-electron chi connectivity index (χ1n) is 15.7.